The second-order valence-electron chi connectivity index (χ2n) is 1.75. The van der Waals surface area contributed by atoms with Crippen molar-refractivity contribution in [1.29, 1.82) is 0 Å². The van der Waals surface area contributed by atoms with Crippen molar-refractivity contribution >= 4 is 12.0 Å². The molecule has 0 amide bonds. The minimum absolute atomic E-state index is 0.128. The number of hydrogen-bond donors (Lipinski definition) is 2. The first-order chi connectivity index (χ1) is 4.72. The molecule has 2 unspecified atom stereocenters. The predicted molar refractivity (Wildman–Crippen MR) is 35.0 cm³/mol. The molecule has 0 bridgehead atoms. The molecule has 0 aromatic carbocycles. The van der Waals surface area contributed by atoms with Crippen LogP contribution in [0.4, 0.5) is 0 Å². The molecular formula is C4H10O5S. The van der Waals surface area contributed by atoms with Gasteiger partial charge in [0, 0.05) is 12.0 Å². The summed E-state index contributed by atoms with van der Waals surface area (Å²) in [6, 6.07) is 0. The highest BCUT2D eigenvalue weighted by atomic mass is 32.2. The predicted octanol–water partition coefficient (Wildman–Crippen LogP) is 1.32. The van der Waals surface area contributed by atoms with Crippen molar-refractivity contribution in [3.63, 3.8) is 0 Å². The maximum absolute atomic E-state index is 8.13. The van der Waals surface area contributed by atoms with Gasteiger partial charge in [-0.15, -0.1) is 4.33 Å². The molecule has 10 heavy (non-hydrogen) atoms. The van der Waals surface area contributed by atoms with Crippen LogP contribution in [0.3, 0.4) is 0 Å². The van der Waals surface area contributed by atoms with Gasteiger partial charge in [-0.1, -0.05) is 5.04 Å². The van der Waals surface area contributed by atoms with Crippen LogP contribution in [0.1, 0.15) is 13.8 Å². The quantitative estimate of drug-likeness (QED) is 0.368. The third-order valence-corrected chi connectivity index (χ3v) is 1.88. The van der Waals surface area contributed by atoms with Crippen molar-refractivity contribution in [3.8, 4) is 0 Å². The summed E-state index contributed by atoms with van der Waals surface area (Å²) in [4.78, 5) is 3.97. The standard InChI is InChI=1S/C4H10O5S/c1-3(7-5)4(2)10-9-8-6/h3-6H,1-2H3. The van der Waals surface area contributed by atoms with E-state index in [1.807, 2.05) is 0 Å². The topological polar surface area (TPSA) is 68.2 Å². The Labute approximate surface area is 62.9 Å². The first kappa shape index (κ1) is 10.2. The van der Waals surface area contributed by atoms with Gasteiger partial charge in [-0.2, -0.15) is 0 Å². The molecule has 6 heteroatoms. The van der Waals surface area contributed by atoms with Gasteiger partial charge in [0.15, 0.2) is 0 Å². The van der Waals surface area contributed by atoms with Crippen molar-refractivity contribution < 1.29 is 24.8 Å². The maximum Gasteiger partial charge on any atom is 0.104 e. The SMILES string of the molecule is CC(OO)C(C)SOOO. The molecule has 0 aromatic heterocycles. The van der Waals surface area contributed by atoms with Gasteiger partial charge in [0.05, 0.1) is 5.25 Å². The molecule has 5 nitrogen and oxygen atoms in total. The maximum atomic E-state index is 8.13. The van der Waals surface area contributed by atoms with E-state index in [0.717, 1.165) is 12.0 Å². The summed E-state index contributed by atoms with van der Waals surface area (Å²) >= 11 is 0.852. The Morgan fingerprint density at radius 2 is 1.90 bits per heavy atom. The molecule has 0 saturated heterocycles. The fourth-order valence-corrected chi connectivity index (χ4v) is 0.609. The summed E-state index contributed by atoms with van der Waals surface area (Å²) in [6.07, 6.45) is -0.375. The van der Waals surface area contributed by atoms with Crippen LogP contribution >= 0.6 is 12.0 Å². The van der Waals surface area contributed by atoms with Gasteiger partial charge in [0.25, 0.3) is 0 Å². The normalized spacial score (nSPS) is 16.8. The van der Waals surface area contributed by atoms with Crippen LogP contribution in [0.5, 0.6) is 0 Å². The fourth-order valence-electron chi connectivity index (χ4n) is 0.243. The van der Waals surface area contributed by atoms with Crippen molar-refractivity contribution in [1.82, 2.24) is 0 Å². The van der Waals surface area contributed by atoms with Gasteiger partial charge in [-0.25, -0.2) is 10.1 Å². The molecule has 0 radical (unpaired) electrons. The van der Waals surface area contributed by atoms with E-state index in [1.165, 1.54) is 0 Å². The molecule has 0 aliphatic rings. The lowest BCUT2D eigenvalue weighted by atomic mass is 10.3. The summed E-state index contributed by atoms with van der Waals surface area (Å²) in [5, 5.41) is 19.1. The summed E-state index contributed by atoms with van der Waals surface area (Å²) in [5.74, 6) is 0. The van der Waals surface area contributed by atoms with Crippen molar-refractivity contribution in [2.45, 2.75) is 25.2 Å². The lowest BCUT2D eigenvalue weighted by molar-refractivity contribution is -0.432. The molecule has 0 aromatic rings. The molecular weight excluding hydrogens is 160 g/mol. The lowest BCUT2D eigenvalue weighted by Crippen LogP contribution is -2.18. The molecule has 0 heterocycles. The molecule has 0 rings (SSSR count). The highest BCUT2D eigenvalue weighted by molar-refractivity contribution is 7.95. The second-order valence-corrected chi connectivity index (χ2v) is 2.83. The molecule has 62 valence electrons. The molecule has 2 atom stereocenters. The van der Waals surface area contributed by atoms with Gasteiger partial charge in [0.2, 0.25) is 0 Å². The van der Waals surface area contributed by atoms with Crippen LogP contribution in [-0.4, -0.2) is 21.9 Å². The van der Waals surface area contributed by atoms with Crippen LogP contribution in [0.15, 0.2) is 0 Å². The van der Waals surface area contributed by atoms with Gasteiger partial charge in [-0.3, -0.25) is 5.26 Å². The van der Waals surface area contributed by atoms with Crippen LogP contribution < -0.4 is 0 Å². The summed E-state index contributed by atoms with van der Waals surface area (Å²) < 4.78 is 4.10. The zero-order chi connectivity index (χ0) is 7.98. The Morgan fingerprint density at radius 1 is 1.30 bits per heavy atom. The van der Waals surface area contributed by atoms with E-state index in [4.69, 9.17) is 10.5 Å². The third-order valence-electron chi connectivity index (χ3n) is 1.05. The van der Waals surface area contributed by atoms with Crippen LogP contribution in [0.25, 0.3) is 0 Å². The van der Waals surface area contributed by atoms with E-state index >= 15 is 0 Å². The van der Waals surface area contributed by atoms with Gasteiger partial charge in [-0.05, 0) is 13.8 Å². The smallest absolute Gasteiger partial charge is 0.104 e. The van der Waals surface area contributed by atoms with E-state index in [1.54, 1.807) is 13.8 Å². The fraction of sp³-hybridized carbons (Fsp3) is 1.00. The van der Waals surface area contributed by atoms with Crippen molar-refractivity contribution in [3.05, 3.63) is 0 Å². The highest BCUT2D eigenvalue weighted by Gasteiger charge is 2.14. The minimum atomic E-state index is -0.375. The van der Waals surface area contributed by atoms with Crippen molar-refractivity contribution in [2.75, 3.05) is 0 Å². The monoisotopic (exact) mass is 170 g/mol. The first-order valence-corrected chi connectivity index (χ1v) is 3.46. The van der Waals surface area contributed by atoms with Crippen LogP contribution in [0, 0.1) is 0 Å². The van der Waals surface area contributed by atoms with Gasteiger partial charge < -0.3 is 0 Å². The van der Waals surface area contributed by atoms with E-state index in [2.05, 4.69) is 14.3 Å². The number of hydrogen-bond acceptors (Lipinski definition) is 6. The average Bonchev–Trinajstić information content (AvgIpc) is 1.98. The van der Waals surface area contributed by atoms with Crippen molar-refractivity contribution in [2.24, 2.45) is 0 Å². The molecule has 0 aliphatic carbocycles. The molecule has 0 fully saturated rings. The molecule has 2 N–H and O–H groups in total. The summed E-state index contributed by atoms with van der Waals surface area (Å²) in [7, 11) is 0. The Hall–Kier alpha value is 0.150. The molecule has 0 spiro atoms. The third kappa shape index (κ3) is 4.04. The molecule has 0 aliphatic heterocycles. The average molecular weight is 170 g/mol. The highest BCUT2D eigenvalue weighted by Crippen LogP contribution is 2.16. The van der Waals surface area contributed by atoms with E-state index in [9.17, 15) is 0 Å². The Balaban J connectivity index is 3.31. The summed E-state index contributed by atoms with van der Waals surface area (Å²) in [6.45, 7) is 3.39. The first-order valence-electron chi connectivity index (χ1n) is 2.66. The summed E-state index contributed by atoms with van der Waals surface area (Å²) in [5.41, 5.74) is 0. The Kier molecular flexibility index (Phi) is 5.99. The number of rotatable bonds is 5. The zero-order valence-corrected chi connectivity index (χ0v) is 6.50. The zero-order valence-electron chi connectivity index (χ0n) is 5.68. The Morgan fingerprint density at radius 3 is 2.30 bits per heavy atom. The van der Waals surface area contributed by atoms with Crippen LogP contribution in [-0.2, 0) is 14.3 Å². The molecule has 0 saturated carbocycles. The largest absolute Gasteiger partial charge is 0.252 e. The van der Waals surface area contributed by atoms with Gasteiger partial charge >= 0.3 is 0 Å². The van der Waals surface area contributed by atoms with Gasteiger partial charge in [0.1, 0.15) is 6.10 Å². The van der Waals surface area contributed by atoms with E-state index in [0.29, 0.717) is 0 Å². The lowest BCUT2D eigenvalue weighted by Gasteiger charge is -2.12. The van der Waals surface area contributed by atoms with E-state index in [-0.39, 0.29) is 11.4 Å². The minimum Gasteiger partial charge on any atom is -0.252 e. The Bertz CT molecular complexity index is 80.0. The van der Waals surface area contributed by atoms with E-state index < -0.39 is 0 Å². The van der Waals surface area contributed by atoms with Crippen LogP contribution in [0.2, 0.25) is 0 Å². The second kappa shape index (κ2) is 5.90.